The molecule has 1 saturated heterocycles. The van der Waals surface area contributed by atoms with E-state index in [9.17, 15) is 13.2 Å². The van der Waals surface area contributed by atoms with Crippen LogP contribution in [0.3, 0.4) is 0 Å². The van der Waals surface area contributed by atoms with Gasteiger partial charge < -0.3 is 4.74 Å². The number of hydrogen-bond donors (Lipinski definition) is 0. The van der Waals surface area contributed by atoms with Gasteiger partial charge in [-0.3, -0.25) is 9.69 Å². The number of sulfonamides is 1. The molecule has 0 aliphatic carbocycles. The van der Waals surface area contributed by atoms with Gasteiger partial charge in [-0.2, -0.15) is 4.31 Å². The molecule has 2 aromatic carbocycles. The number of ether oxygens (including phenoxy) is 1. The molecule has 194 valence electrons. The van der Waals surface area contributed by atoms with E-state index in [-0.39, 0.29) is 16.9 Å². The predicted octanol–water partition coefficient (Wildman–Crippen LogP) is 5.89. The summed E-state index contributed by atoms with van der Waals surface area (Å²) in [4.78, 5) is 20.3. The summed E-state index contributed by atoms with van der Waals surface area (Å²) in [5, 5.41) is 1.21. The molecule has 4 rings (SSSR count). The van der Waals surface area contributed by atoms with Crippen LogP contribution in [-0.4, -0.2) is 56.0 Å². The minimum atomic E-state index is -3.62. The topological polar surface area (TPSA) is 79.8 Å². The van der Waals surface area contributed by atoms with E-state index in [4.69, 9.17) is 21.3 Å². The third-order valence-electron chi connectivity index (χ3n) is 6.31. The van der Waals surface area contributed by atoms with Gasteiger partial charge in [0, 0.05) is 30.3 Å². The van der Waals surface area contributed by atoms with Crippen LogP contribution in [0.5, 0.6) is 0 Å². The molecule has 0 saturated carbocycles. The maximum atomic E-state index is 13.7. The molecule has 1 aliphatic rings. The average Bonchev–Trinajstić information content (AvgIpc) is 3.54. The van der Waals surface area contributed by atoms with Crippen LogP contribution in [0.4, 0.5) is 5.13 Å². The predicted molar refractivity (Wildman–Crippen MR) is 146 cm³/mol. The molecule has 1 aliphatic heterocycles. The Balaban J connectivity index is 1.66. The number of benzene rings is 2. The second-order valence-corrected chi connectivity index (χ2v) is 12.3. The van der Waals surface area contributed by atoms with Gasteiger partial charge in [-0.15, -0.1) is 0 Å². The van der Waals surface area contributed by atoms with Crippen LogP contribution in [0.2, 0.25) is 5.02 Å². The Labute approximate surface area is 222 Å². The van der Waals surface area contributed by atoms with E-state index in [2.05, 4.69) is 0 Å². The van der Waals surface area contributed by atoms with E-state index in [1.807, 2.05) is 32.9 Å². The van der Waals surface area contributed by atoms with E-state index in [0.717, 1.165) is 41.5 Å². The van der Waals surface area contributed by atoms with Crippen molar-refractivity contribution in [3.8, 4) is 0 Å². The molecule has 36 heavy (non-hydrogen) atoms. The highest BCUT2D eigenvalue weighted by molar-refractivity contribution is 7.89. The summed E-state index contributed by atoms with van der Waals surface area (Å²) in [5.41, 5.74) is 2.05. The third kappa shape index (κ3) is 5.60. The molecule has 2 heterocycles. The molecule has 1 aromatic heterocycles. The number of aryl methyl sites for hydroxylation is 1. The molecular formula is C26H32ClN3O4S2. The zero-order valence-corrected chi connectivity index (χ0v) is 23.3. The van der Waals surface area contributed by atoms with Crippen LogP contribution in [-0.2, 0) is 14.8 Å². The van der Waals surface area contributed by atoms with Crippen LogP contribution >= 0.6 is 22.9 Å². The van der Waals surface area contributed by atoms with Crippen molar-refractivity contribution in [3.63, 3.8) is 0 Å². The lowest BCUT2D eigenvalue weighted by Crippen LogP contribution is -2.37. The summed E-state index contributed by atoms with van der Waals surface area (Å²) in [7, 11) is -3.62. The number of fused-ring (bicyclic) bond motifs is 1. The smallest absolute Gasteiger partial charge is 0.260 e. The molecular weight excluding hydrogens is 518 g/mol. The fraction of sp³-hybridized carbons (Fsp3) is 0.462. The number of thiazole rings is 1. The minimum Gasteiger partial charge on any atom is -0.376 e. The minimum absolute atomic E-state index is 0.0676. The number of carbonyl (C=O) groups excluding carboxylic acids is 1. The number of aromatic nitrogens is 1. The first kappa shape index (κ1) is 27.0. The van der Waals surface area contributed by atoms with Gasteiger partial charge in [0.15, 0.2) is 5.13 Å². The second-order valence-electron chi connectivity index (χ2n) is 8.99. The Morgan fingerprint density at radius 2 is 1.83 bits per heavy atom. The number of halogens is 1. The number of amides is 1. The maximum absolute atomic E-state index is 13.7. The van der Waals surface area contributed by atoms with Crippen molar-refractivity contribution in [2.24, 2.45) is 0 Å². The van der Waals surface area contributed by atoms with Crippen molar-refractivity contribution in [2.75, 3.05) is 31.1 Å². The van der Waals surface area contributed by atoms with Crippen LogP contribution in [0.25, 0.3) is 10.2 Å². The SMILES string of the molecule is CCCN(CCC)S(=O)(=O)c1ccc(C(=O)N(CC2CCCO2)c2nc3c(C)c(Cl)ccc3s2)cc1. The largest absolute Gasteiger partial charge is 0.376 e. The molecule has 0 N–H and O–H groups in total. The summed E-state index contributed by atoms with van der Waals surface area (Å²) >= 11 is 7.73. The zero-order chi connectivity index (χ0) is 25.9. The first-order valence-corrected chi connectivity index (χ1v) is 15.0. The van der Waals surface area contributed by atoms with Gasteiger partial charge in [-0.05, 0) is 74.6 Å². The van der Waals surface area contributed by atoms with Crippen LogP contribution in [0.15, 0.2) is 41.3 Å². The normalized spacial score (nSPS) is 16.2. The van der Waals surface area contributed by atoms with Crippen molar-refractivity contribution in [1.29, 1.82) is 0 Å². The summed E-state index contributed by atoms with van der Waals surface area (Å²) in [6.07, 6.45) is 3.24. The highest BCUT2D eigenvalue weighted by Gasteiger charge is 2.28. The van der Waals surface area contributed by atoms with Crippen molar-refractivity contribution in [2.45, 2.75) is 57.5 Å². The van der Waals surface area contributed by atoms with Gasteiger partial charge in [0.05, 0.1) is 27.8 Å². The van der Waals surface area contributed by atoms with Gasteiger partial charge in [0.25, 0.3) is 5.91 Å². The van der Waals surface area contributed by atoms with Gasteiger partial charge in [-0.25, -0.2) is 13.4 Å². The molecule has 1 atom stereocenters. The average molecular weight is 550 g/mol. The van der Waals surface area contributed by atoms with Crippen molar-refractivity contribution < 1.29 is 17.9 Å². The Kier molecular flexibility index (Phi) is 8.67. The lowest BCUT2D eigenvalue weighted by atomic mass is 10.2. The molecule has 1 fully saturated rings. The van der Waals surface area contributed by atoms with E-state index in [1.165, 1.54) is 27.8 Å². The number of carbonyl (C=O) groups is 1. The molecule has 0 radical (unpaired) electrons. The third-order valence-corrected chi connectivity index (χ3v) is 9.67. The van der Waals surface area contributed by atoms with Crippen molar-refractivity contribution in [3.05, 3.63) is 52.5 Å². The number of anilines is 1. The Morgan fingerprint density at radius 1 is 1.14 bits per heavy atom. The zero-order valence-electron chi connectivity index (χ0n) is 20.9. The molecule has 1 amide bonds. The standard InChI is InChI=1S/C26H32ClN3O4S2/c1-4-14-29(15-5-2)36(32,33)21-10-8-19(9-11-21)25(31)30(17-20-7-6-16-34-20)26-28-24-18(3)22(27)12-13-23(24)35-26/h8-13,20H,4-7,14-17H2,1-3H3. The molecule has 10 heteroatoms. The summed E-state index contributed by atoms with van der Waals surface area (Å²) < 4.78 is 34.5. The summed E-state index contributed by atoms with van der Waals surface area (Å²) in [6.45, 7) is 7.83. The number of hydrogen-bond acceptors (Lipinski definition) is 6. The van der Waals surface area contributed by atoms with Gasteiger partial charge in [0.2, 0.25) is 10.0 Å². The fourth-order valence-electron chi connectivity index (χ4n) is 4.37. The van der Waals surface area contributed by atoms with Crippen LogP contribution in [0, 0.1) is 6.92 Å². The first-order valence-electron chi connectivity index (χ1n) is 12.4. The number of rotatable bonds is 10. The van der Waals surface area contributed by atoms with Gasteiger partial charge in [-0.1, -0.05) is 36.8 Å². The highest BCUT2D eigenvalue weighted by Crippen LogP contribution is 2.35. The second kappa shape index (κ2) is 11.6. The lowest BCUT2D eigenvalue weighted by molar-refractivity contribution is 0.0917. The van der Waals surface area contributed by atoms with Crippen LogP contribution in [0.1, 0.15) is 55.5 Å². The number of nitrogens with zero attached hydrogens (tertiary/aromatic N) is 3. The van der Waals surface area contributed by atoms with E-state index >= 15 is 0 Å². The Morgan fingerprint density at radius 3 is 2.44 bits per heavy atom. The van der Waals surface area contributed by atoms with Gasteiger partial charge in [0.1, 0.15) is 0 Å². The Hall–Kier alpha value is -2.04. The van der Waals surface area contributed by atoms with E-state index in [1.54, 1.807) is 17.0 Å². The quantitative estimate of drug-likeness (QED) is 0.315. The molecule has 1 unspecified atom stereocenters. The van der Waals surface area contributed by atoms with Crippen molar-refractivity contribution in [1.82, 2.24) is 9.29 Å². The van der Waals surface area contributed by atoms with E-state index in [0.29, 0.717) is 42.0 Å². The monoisotopic (exact) mass is 549 g/mol. The lowest BCUT2D eigenvalue weighted by Gasteiger charge is -2.23. The fourth-order valence-corrected chi connectivity index (χ4v) is 7.18. The van der Waals surface area contributed by atoms with E-state index < -0.39 is 10.0 Å². The highest BCUT2D eigenvalue weighted by atomic mass is 35.5. The maximum Gasteiger partial charge on any atom is 0.260 e. The molecule has 0 bridgehead atoms. The first-order chi connectivity index (χ1) is 17.3. The Bertz CT molecular complexity index is 1310. The van der Waals surface area contributed by atoms with Gasteiger partial charge >= 0.3 is 0 Å². The molecule has 7 nitrogen and oxygen atoms in total. The summed E-state index contributed by atoms with van der Waals surface area (Å²) in [6, 6.07) is 9.97. The molecule has 0 spiro atoms. The molecule has 3 aromatic rings. The van der Waals surface area contributed by atoms with Crippen LogP contribution < -0.4 is 4.90 Å². The van der Waals surface area contributed by atoms with Crippen molar-refractivity contribution >= 4 is 54.2 Å². The summed E-state index contributed by atoms with van der Waals surface area (Å²) in [5.74, 6) is -0.240.